The van der Waals surface area contributed by atoms with Gasteiger partial charge in [-0.2, -0.15) is 0 Å². The lowest BCUT2D eigenvalue weighted by atomic mass is 10.2. The normalized spacial score (nSPS) is 11.3. The van der Waals surface area contributed by atoms with Crippen LogP contribution in [0.1, 0.15) is 0 Å². The number of likely N-dealkylation sites (N-methyl/N-ethyl adjacent to an activating group) is 1. The highest BCUT2D eigenvalue weighted by Crippen LogP contribution is 2.30. The third-order valence-electron chi connectivity index (χ3n) is 2.36. The first-order valence-electron chi connectivity index (χ1n) is 5.30. The van der Waals surface area contributed by atoms with Gasteiger partial charge in [0.2, 0.25) is 10.0 Å². The Balaban J connectivity index is 2.84. The number of benzene rings is 1. The molecule has 0 saturated carbocycles. The summed E-state index contributed by atoms with van der Waals surface area (Å²) in [6.07, 6.45) is 1.06. The van der Waals surface area contributed by atoms with E-state index < -0.39 is 14.9 Å². The standard InChI is InChI=1S/C10H14BrN3O4S/c1-13(6-5-12-19(2,17)18)10-7-8(11)3-4-9(10)14(15)16/h3-4,7,12H,5-6H2,1-2H3. The Kier molecular flexibility index (Phi) is 5.27. The largest absolute Gasteiger partial charge is 0.368 e. The fourth-order valence-corrected chi connectivity index (χ4v) is 2.29. The van der Waals surface area contributed by atoms with Crippen molar-refractivity contribution < 1.29 is 13.3 Å². The molecule has 106 valence electrons. The Morgan fingerprint density at radius 2 is 2.11 bits per heavy atom. The van der Waals surface area contributed by atoms with Crippen molar-refractivity contribution in [1.82, 2.24) is 4.72 Å². The second kappa shape index (κ2) is 6.31. The van der Waals surface area contributed by atoms with Crippen LogP contribution in [-0.4, -0.2) is 39.7 Å². The molecule has 0 spiro atoms. The van der Waals surface area contributed by atoms with Crippen LogP contribution in [-0.2, 0) is 10.0 Å². The zero-order valence-electron chi connectivity index (χ0n) is 10.5. The van der Waals surface area contributed by atoms with Crippen molar-refractivity contribution in [2.45, 2.75) is 0 Å². The van der Waals surface area contributed by atoms with Crippen LogP contribution in [0.5, 0.6) is 0 Å². The number of halogens is 1. The minimum Gasteiger partial charge on any atom is -0.368 e. The van der Waals surface area contributed by atoms with E-state index in [9.17, 15) is 18.5 Å². The van der Waals surface area contributed by atoms with Crippen LogP contribution >= 0.6 is 15.9 Å². The van der Waals surface area contributed by atoms with Crippen molar-refractivity contribution in [1.29, 1.82) is 0 Å². The lowest BCUT2D eigenvalue weighted by Gasteiger charge is -2.19. The summed E-state index contributed by atoms with van der Waals surface area (Å²) in [5.41, 5.74) is 0.403. The van der Waals surface area contributed by atoms with Gasteiger partial charge in [-0.05, 0) is 12.1 Å². The Hall–Kier alpha value is -1.19. The summed E-state index contributed by atoms with van der Waals surface area (Å²) in [6.45, 7) is 0.503. The number of sulfonamides is 1. The van der Waals surface area contributed by atoms with Gasteiger partial charge in [0.25, 0.3) is 5.69 Å². The Labute approximate surface area is 119 Å². The van der Waals surface area contributed by atoms with E-state index in [0.29, 0.717) is 12.2 Å². The smallest absolute Gasteiger partial charge is 0.292 e. The molecule has 0 aromatic heterocycles. The molecule has 0 bridgehead atoms. The van der Waals surface area contributed by atoms with E-state index in [-0.39, 0.29) is 12.2 Å². The van der Waals surface area contributed by atoms with E-state index in [0.717, 1.165) is 10.7 Å². The zero-order chi connectivity index (χ0) is 14.6. The first-order valence-corrected chi connectivity index (χ1v) is 7.99. The van der Waals surface area contributed by atoms with Crippen LogP contribution in [0.25, 0.3) is 0 Å². The van der Waals surface area contributed by atoms with Gasteiger partial charge in [-0.15, -0.1) is 0 Å². The maximum atomic E-state index is 10.9. The Morgan fingerprint density at radius 1 is 1.47 bits per heavy atom. The predicted octanol–water partition coefficient (Wildman–Crippen LogP) is 1.34. The number of rotatable bonds is 6. The lowest BCUT2D eigenvalue weighted by Crippen LogP contribution is -2.32. The SMILES string of the molecule is CN(CCNS(C)(=O)=O)c1cc(Br)ccc1[N+](=O)[O-]. The fraction of sp³-hybridized carbons (Fsp3) is 0.400. The van der Waals surface area contributed by atoms with Gasteiger partial charge in [-0.25, -0.2) is 13.1 Å². The van der Waals surface area contributed by atoms with Crippen LogP contribution in [0, 0.1) is 10.1 Å². The average molecular weight is 352 g/mol. The molecule has 1 N–H and O–H groups in total. The highest BCUT2D eigenvalue weighted by Gasteiger charge is 2.17. The summed E-state index contributed by atoms with van der Waals surface area (Å²) >= 11 is 3.25. The van der Waals surface area contributed by atoms with Crippen molar-refractivity contribution in [2.75, 3.05) is 31.3 Å². The summed E-state index contributed by atoms with van der Waals surface area (Å²) in [6, 6.07) is 4.61. The van der Waals surface area contributed by atoms with Crippen LogP contribution in [0.3, 0.4) is 0 Å². The van der Waals surface area contributed by atoms with Crippen molar-refractivity contribution in [3.63, 3.8) is 0 Å². The molecule has 1 rings (SSSR count). The monoisotopic (exact) mass is 351 g/mol. The molecule has 0 atom stereocenters. The highest BCUT2D eigenvalue weighted by atomic mass is 79.9. The number of anilines is 1. The van der Waals surface area contributed by atoms with Crippen molar-refractivity contribution >= 4 is 37.3 Å². The van der Waals surface area contributed by atoms with Gasteiger partial charge < -0.3 is 4.90 Å². The summed E-state index contributed by atoms with van der Waals surface area (Å²) in [4.78, 5) is 12.1. The summed E-state index contributed by atoms with van der Waals surface area (Å²) < 4.78 is 24.9. The molecule has 7 nitrogen and oxygen atoms in total. The van der Waals surface area contributed by atoms with Gasteiger partial charge in [0.15, 0.2) is 0 Å². The van der Waals surface area contributed by atoms with Gasteiger partial charge in [-0.3, -0.25) is 10.1 Å². The third-order valence-corrected chi connectivity index (χ3v) is 3.58. The van der Waals surface area contributed by atoms with Gasteiger partial charge in [-0.1, -0.05) is 15.9 Å². The summed E-state index contributed by atoms with van der Waals surface area (Å²) in [5.74, 6) is 0. The summed E-state index contributed by atoms with van der Waals surface area (Å²) in [7, 11) is -1.59. The van der Waals surface area contributed by atoms with Gasteiger partial charge in [0.1, 0.15) is 5.69 Å². The van der Waals surface area contributed by atoms with E-state index in [1.807, 2.05) is 0 Å². The molecule has 0 fully saturated rings. The molecular formula is C10H14BrN3O4S. The van der Waals surface area contributed by atoms with E-state index in [2.05, 4.69) is 20.7 Å². The molecule has 1 aromatic carbocycles. The van der Waals surface area contributed by atoms with Gasteiger partial charge in [0, 0.05) is 30.7 Å². The van der Waals surface area contributed by atoms with Crippen LogP contribution < -0.4 is 9.62 Å². The second-order valence-electron chi connectivity index (χ2n) is 3.98. The quantitative estimate of drug-likeness (QED) is 0.616. The number of hydrogen-bond donors (Lipinski definition) is 1. The number of nitro groups is 1. The molecule has 0 heterocycles. The first-order chi connectivity index (χ1) is 8.70. The summed E-state index contributed by atoms with van der Waals surface area (Å²) in [5, 5.41) is 10.9. The van der Waals surface area contributed by atoms with E-state index in [1.54, 1.807) is 24.1 Å². The van der Waals surface area contributed by atoms with Crippen LogP contribution in [0.15, 0.2) is 22.7 Å². The fourth-order valence-electron chi connectivity index (χ4n) is 1.48. The molecule has 0 aliphatic rings. The first kappa shape index (κ1) is 15.9. The van der Waals surface area contributed by atoms with Gasteiger partial charge >= 0.3 is 0 Å². The molecule has 0 radical (unpaired) electrons. The van der Waals surface area contributed by atoms with Crippen LogP contribution in [0.4, 0.5) is 11.4 Å². The molecule has 0 unspecified atom stereocenters. The molecule has 19 heavy (non-hydrogen) atoms. The number of nitrogens with zero attached hydrogens (tertiary/aromatic N) is 2. The minimum absolute atomic E-state index is 0.0231. The lowest BCUT2D eigenvalue weighted by molar-refractivity contribution is -0.384. The Bertz CT molecular complexity index is 576. The van der Waals surface area contributed by atoms with Gasteiger partial charge in [0.05, 0.1) is 11.2 Å². The molecule has 0 aliphatic heterocycles. The second-order valence-corrected chi connectivity index (χ2v) is 6.73. The van der Waals surface area contributed by atoms with Crippen molar-refractivity contribution in [3.05, 3.63) is 32.8 Å². The minimum atomic E-state index is -3.26. The molecule has 1 aromatic rings. The van der Waals surface area contributed by atoms with Crippen molar-refractivity contribution in [3.8, 4) is 0 Å². The maximum Gasteiger partial charge on any atom is 0.292 e. The molecule has 0 amide bonds. The number of nitro benzene ring substituents is 1. The van der Waals surface area contributed by atoms with E-state index >= 15 is 0 Å². The molecule has 0 aliphatic carbocycles. The van der Waals surface area contributed by atoms with E-state index in [4.69, 9.17) is 0 Å². The topological polar surface area (TPSA) is 92.6 Å². The highest BCUT2D eigenvalue weighted by molar-refractivity contribution is 9.10. The van der Waals surface area contributed by atoms with Crippen molar-refractivity contribution in [2.24, 2.45) is 0 Å². The maximum absolute atomic E-state index is 10.9. The number of hydrogen-bond acceptors (Lipinski definition) is 5. The predicted molar refractivity (Wildman–Crippen MR) is 76.9 cm³/mol. The third kappa shape index (κ3) is 5.13. The molecular weight excluding hydrogens is 338 g/mol. The molecule has 0 saturated heterocycles. The van der Waals surface area contributed by atoms with E-state index in [1.165, 1.54) is 6.07 Å². The Morgan fingerprint density at radius 3 is 2.63 bits per heavy atom. The zero-order valence-corrected chi connectivity index (χ0v) is 12.9. The molecule has 9 heteroatoms. The average Bonchev–Trinajstić information content (AvgIpc) is 2.26. The van der Waals surface area contributed by atoms with Crippen LogP contribution in [0.2, 0.25) is 0 Å². The number of nitrogens with one attached hydrogen (secondary N) is 1.